The van der Waals surface area contributed by atoms with Gasteiger partial charge in [0.15, 0.2) is 0 Å². The van der Waals surface area contributed by atoms with Crippen molar-refractivity contribution in [1.82, 2.24) is 4.31 Å². The topological polar surface area (TPSA) is 118 Å². The van der Waals surface area contributed by atoms with Gasteiger partial charge in [-0.25, -0.2) is 8.42 Å². The van der Waals surface area contributed by atoms with Gasteiger partial charge in [-0.05, 0) is 32.4 Å². The van der Waals surface area contributed by atoms with Crippen LogP contribution in [0.5, 0.6) is 0 Å². The molecule has 1 N–H and O–H groups in total. The molecule has 1 aromatic carbocycles. The highest BCUT2D eigenvalue weighted by molar-refractivity contribution is 7.89. The van der Waals surface area contributed by atoms with Crippen LogP contribution in [0.25, 0.3) is 0 Å². The number of carboxylic acids is 1. The number of hydrogen-bond donors (Lipinski definition) is 1. The summed E-state index contributed by atoms with van der Waals surface area (Å²) in [6.45, 7) is 6.57. The number of benzene rings is 1. The standard InChI is InChI=1S/C14H18N2O6S/c1-4-5-13(14(17)18)15(10(2)3)23(21,22)12-8-6-11(7-9-12)16(19)20/h4,6-10,13H,1,5H2,2-3H3,(H,17,18). The second kappa shape index (κ2) is 7.34. The summed E-state index contributed by atoms with van der Waals surface area (Å²) in [7, 11) is -4.13. The molecule has 0 spiro atoms. The molecule has 126 valence electrons. The van der Waals surface area contributed by atoms with Crippen molar-refractivity contribution < 1.29 is 23.2 Å². The molecule has 0 aliphatic rings. The first-order chi connectivity index (χ1) is 10.6. The largest absolute Gasteiger partial charge is 0.480 e. The first-order valence-corrected chi connectivity index (χ1v) is 8.18. The first-order valence-electron chi connectivity index (χ1n) is 6.74. The summed E-state index contributed by atoms with van der Waals surface area (Å²) >= 11 is 0. The van der Waals surface area contributed by atoms with E-state index in [1.165, 1.54) is 6.08 Å². The van der Waals surface area contributed by atoms with Crippen molar-refractivity contribution in [2.75, 3.05) is 0 Å². The fourth-order valence-corrected chi connectivity index (χ4v) is 3.93. The number of carbonyl (C=O) groups is 1. The number of carboxylic acid groups (broad SMARTS) is 1. The van der Waals surface area contributed by atoms with Gasteiger partial charge in [-0.1, -0.05) is 6.08 Å². The van der Waals surface area contributed by atoms with Gasteiger partial charge in [-0.2, -0.15) is 4.31 Å². The lowest BCUT2D eigenvalue weighted by Crippen LogP contribution is -2.48. The van der Waals surface area contributed by atoms with Crippen LogP contribution in [0, 0.1) is 10.1 Å². The molecule has 0 fully saturated rings. The third kappa shape index (κ3) is 4.14. The third-order valence-corrected chi connectivity index (χ3v) is 5.21. The van der Waals surface area contributed by atoms with Crippen LogP contribution in [0.4, 0.5) is 5.69 Å². The average Bonchev–Trinajstić information content (AvgIpc) is 2.46. The molecule has 9 heteroatoms. The molecule has 0 bridgehead atoms. The van der Waals surface area contributed by atoms with E-state index < -0.39 is 33.0 Å². The van der Waals surface area contributed by atoms with E-state index in [0.717, 1.165) is 28.6 Å². The van der Waals surface area contributed by atoms with E-state index >= 15 is 0 Å². The SMILES string of the molecule is C=CCC(C(=O)O)N(C(C)C)S(=O)(=O)c1ccc([N+](=O)[O-])cc1. The lowest BCUT2D eigenvalue weighted by Gasteiger charge is -2.30. The van der Waals surface area contributed by atoms with E-state index in [4.69, 9.17) is 0 Å². The molecule has 0 heterocycles. The monoisotopic (exact) mass is 342 g/mol. The molecule has 8 nitrogen and oxygen atoms in total. The van der Waals surface area contributed by atoms with Gasteiger partial charge in [-0.3, -0.25) is 14.9 Å². The molecule has 0 amide bonds. The summed E-state index contributed by atoms with van der Waals surface area (Å²) in [5, 5.41) is 20.0. The number of rotatable bonds is 8. The average molecular weight is 342 g/mol. The number of nitro benzene ring substituents is 1. The van der Waals surface area contributed by atoms with Crippen molar-refractivity contribution in [3.05, 3.63) is 47.0 Å². The number of nitrogens with zero attached hydrogens (tertiary/aromatic N) is 2. The van der Waals surface area contributed by atoms with Crippen LogP contribution in [0.1, 0.15) is 20.3 Å². The fourth-order valence-electron chi connectivity index (χ4n) is 2.14. The van der Waals surface area contributed by atoms with Gasteiger partial charge in [-0.15, -0.1) is 6.58 Å². The Balaban J connectivity index is 3.36. The molecule has 1 atom stereocenters. The Hall–Kier alpha value is -2.26. The van der Waals surface area contributed by atoms with Gasteiger partial charge in [0.05, 0.1) is 9.82 Å². The Labute approximate surface area is 134 Å². The van der Waals surface area contributed by atoms with E-state index in [2.05, 4.69) is 6.58 Å². The van der Waals surface area contributed by atoms with Crippen LogP contribution in [0.3, 0.4) is 0 Å². The van der Waals surface area contributed by atoms with Gasteiger partial charge in [0, 0.05) is 18.2 Å². The van der Waals surface area contributed by atoms with Crippen LogP contribution in [-0.2, 0) is 14.8 Å². The zero-order chi connectivity index (χ0) is 17.8. The predicted octanol–water partition coefficient (Wildman–Crippen LogP) is 2.02. The Morgan fingerprint density at radius 2 is 1.91 bits per heavy atom. The van der Waals surface area contributed by atoms with E-state index in [1.54, 1.807) is 13.8 Å². The minimum absolute atomic E-state index is 0.0558. The summed E-state index contributed by atoms with van der Waals surface area (Å²) in [6, 6.07) is 2.40. The van der Waals surface area contributed by atoms with Crippen molar-refractivity contribution in [2.24, 2.45) is 0 Å². The van der Waals surface area contributed by atoms with Crippen LogP contribution >= 0.6 is 0 Å². The molecular weight excluding hydrogens is 324 g/mol. The Morgan fingerprint density at radius 1 is 1.39 bits per heavy atom. The Morgan fingerprint density at radius 3 is 2.26 bits per heavy atom. The highest BCUT2D eigenvalue weighted by Gasteiger charge is 2.37. The molecule has 0 aliphatic carbocycles. The first kappa shape index (κ1) is 18.8. The molecule has 1 aromatic rings. The van der Waals surface area contributed by atoms with E-state index in [0.29, 0.717) is 0 Å². The lowest BCUT2D eigenvalue weighted by molar-refractivity contribution is -0.384. The van der Waals surface area contributed by atoms with Crippen LogP contribution in [0.15, 0.2) is 41.8 Å². The maximum Gasteiger partial charge on any atom is 0.322 e. The van der Waals surface area contributed by atoms with E-state index in [-0.39, 0.29) is 17.0 Å². The zero-order valence-electron chi connectivity index (χ0n) is 12.7. The zero-order valence-corrected chi connectivity index (χ0v) is 13.6. The highest BCUT2D eigenvalue weighted by Crippen LogP contribution is 2.24. The van der Waals surface area contributed by atoms with Gasteiger partial charge < -0.3 is 5.11 Å². The number of nitro groups is 1. The minimum atomic E-state index is -4.13. The third-order valence-electron chi connectivity index (χ3n) is 3.11. The normalized spacial score (nSPS) is 13.0. The summed E-state index contributed by atoms with van der Waals surface area (Å²) < 4.78 is 26.3. The molecule has 0 saturated carbocycles. The summed E-state index contributed by atoms with van der Waals surface area (Å²) in [4.78, 5) is 21.2. The molecule has 0 saturated heterocycles. The van der Waals surface area contributed by atoms with Crippen molar-refractivity contribution in [3.8, 4) is 0 Å². The van der Waals surface area contributed by atoms with Gasteiger partial charge in [0.1, 0.15) is 6.04 Å². The van der Waals surface area contributed by atoms with E-state index in [9.17, 15) is 28.4 Å². The Kier molecular flexibility index (Phi) is 5.99. The summed E-state index contributed by atoms with van der Waals surface area (Å²) in [5.74, 6) is -1.29. The lowest BCUT2D eigenvalue weighted by atomic mass is 10.2. The van der Waals surface area contributed by atoms with Gasteiger partial charge in [0.25, 0.3) is 5.69 Å². The summed E-state index contributed by atoms with van der Waals surface area (Å²) in [6.07, 6.45) is 1.28. The maximum absolute atomic E-state index is 12.7. The highest BCUT2D eigenvalue weighted by atomic mass is 32.2. The van der Waals surface area contributed by atoms with Gasteiger partial charge in [0.2, 0.25) is 10.0 Å². The molecule has 0 aliphatic heterocycles. The summed E-state index contributed by atoms with van der Waals surface area (Å²) in [5.41, 5.74) is -0.249. The molecular formula is C14H18N2O6S. The van der Waals surface area contributed by atoms with Crippen molar-refractivity contribution in [3.63, 3.8) is 0 Å². The number of sulfonamides is 1. The van der Waals surface area contributed by atoms with Crippen LogP contribution < -0.4 is 0 Å². The molecule has 0 aromatic heterocycles. The number of non-ortho nitro benzene ring substituents is 1. The molecule has 1 rings (SSSR count). The van der Waals surface area contributed by atoms with Crippen molar-refractivity contribution in [2.45, 2.75) is 37.2 Å². The second-order valence-corrected chi connectivity index (χ2v) is 6.90. The number of hydrogen-bond acceptors (Lipinski definition) is 5. The smallest absolute Gasteiger partial charge is 0.322 e. The van der Waals surface area contributed by atoms with Crippen LogP contribution in [0.2, 0.25) is 0 Å². The molecule has 0 radical (unpaired) electrons. The minimum Gasteiger partial charge on any atom is -0.480 e. The quantitative estimate of drug-likeness (QED) is 0.439. The Bertz CT molecular complexity index is 696. The fraction of sp³-hybridized carbons (Fsp3) is 0.357. The maximum atomic E-state index is 12.7. The molecule has 23 heavy (non-hydrogen) atoms. The second-order valence-electron chi connectivity index (χ2n) is 5.06. The van der Waals surface area contributed by atoms with Crippen LogP contribution in [-0.4, -0.2) is 40.8 Å². The van der Waals surface area contributed by atoms with E-state index in [1.807, 2.05) is 0 Å². The number of aliphatic carboxylic acids is 1. The van der Waals surface area contributed by atoms with Crippen molar-refractivity contribution in [1.29, 1.82) is 0 Å². The van der Waals surface area contributed by atoms with Crippen molar-refractivity contribution >= 4 is 21.7 Å². The predicted molar refractivity (Wildman–Crippen MR) is 83.5 cm³/mol. The van der Waals surface area contributed by atoms with Gasteiger partial charge >= 0.3 is 5.97 Å². The molecule has 1 unspecified atom stereocenters.